The summed E-state index contributed by atoms with van der Waals surface area (Å²) in [5.74, 6) is 0.956. The number of sulfonamides is 1. The van der Waals surface area contributed by atoms with Crippen LogP contribution in [0.3, 0.4) is 0 Å². The summed E-state index contributed by atoms with van der Waals surface area (Å²) in [6.07, 6.45) is 0. The Hall–Kier alpha value is -1.72. The number of nitrogens with zero attached hydrogens (tertiary/aromatic N) is 3. The minimum absolute atomic E-state index is 0.0173. The molecule has 0 aliphatic rings. The van der Waals surface area contributed by atoms with Crippen LogP contribution in [0.15, 0.2) is 21.5 Å². The van der Waals surface area contributed by atoms with Gasteiger partial charge in [-0.15, -0.1) is 10.2 Å². The maximum Gasteiger partial charge on any atom is 0.242 e. The van der Waals surface area contributed by atoms with Gasteiger partial charge in [0.2, 0.25) is 10.0 Å². The van der Waals surface area contributed by atoms with Crippen molar-refractivity contribution in [2.24, 2.45) is 0 Å². The summed E-state index contributed by atoms with van der Waals surface area (Å²) in [6.45, 7) is -0.0837. The van der Waals surface area contributed by atoms with Gasteiger partial charge in [0.05, 0.1) is 20.8 Å². The zero-order valence-corrected chi connectivity index (χ0v) is 13.5. The molecule has 0 aliphatic heterocycles. The first kappa shape index (κ1) is 15.7. The summed E-state index contributed by atoms with van der Waals surface area (Å²) in [5.41, 5.74) is 0. The van der Waals surface area contributed by atoms with Crippen molar-refractivity contribution in [3.8, 4) is 11.5 Å². The highest BCUT2D eigenvalue weighted by molar-refractivity contribution is 9.10. The number of benzene rings is 1. The number of nitrogens with one attached hydrogen (secondary N) is 2. The van der Waals surface area contributed by atoms with Crippen molar-refractivity contribution in [3.05, 3.63) is 22.4 Å². The Morgan fingerprint density at radius 1 is 1.29 bits per heavy atom. The number of methoxy groups -OCH3 is 2. The molecule has 0 aliphatic carbocycles. The number of tetrazole rings is 1. The molecule has 9 nitrogen and oxygen atoms in total. The van der Waals surface area contributed by atoms with Gasteiger partial charge < -0.3 is 9.47 Å². The van der Waals surface area contributed by atoms with Crippen LogP contribution in [0.4, 0.5) is 0 Å². The largest absolute Gasteiger partial charge is 0.493 e. The fourth-order valence-corrected chi connectivity index (χ4v) is 3.55. The van der Waals surface area contributed by atoms with Gasteiger partial charge in [0, 0.05) is 10.5 Å². The average Bonchev–Trinajstić information content (AvgIpc) is 2.98. The Morgan fingerprint density at radius 3 is 2.52 bits per heavy atom. The highest BCUT2D eigenvalue weighted by Crippen LogP contribution is 2.35. The predicted molar refractivity (Wildman–Crippen MR) is 75.4 cm³/mol. The standard InChI is InChI=1S/C10H12BrN5O4S/c1-19-7-3-6(11)9(4-8(7)20-2)21(17,18)12-5-10-13-15-16-14-10/h3-4,12H,5H2,1-2H3,(H,13,14,15,16). The molecule has 2 aromatic rings. The number of H-pyrrole nitrogens is 1. The van der Waals surface area contributed by atoms with Crippen LogP contribution >= 0.6 is 15.9 Å². The lowest BCUT2D eigenvalue weighted by atomic mass is 10.3. The molecule has 2 rings (SSSR count). The van der Waals surface area contributed by atoms with Gasteiger partial charge in [-0.2, -0.15) is 5.21 Å². The Kier molecular flexibility index (Phi) is 4.75. The van der Waals surface area contributed by atoms with Crippen molar-refractivity contribution in [3.63, 3.8) is 0 Å². The second kappa shape index (κ2) is 6.37. The number of rotatable bonds is 6. The molecule has 0 spiro atoms. The molecule has 2 N–H and O–H groups in total. The van der Waals surface area contributed by atoms with Crippen LogP contribution in [0, 0.1) is 0 Å². The van der Waals surface area contributed by atoms with Crippen LogP contribution in [0.25, 0.3) is 0 Å². The third-order valence-electron chi connectivity index (χ3n) is 2.54. The summed E-state index contributed by atoms with van der Waals surface area (Å²) in [6, 6.07) is 2.88. The van der Waals surface area contributed by atoms with Crippen LogP contribution in [0.5, 0.6) is 11.5 Å². The van der Waals surface area contributed by atoms with E-state index < -0.39 is 10.0 Å². The number of hydrogen-bond acceptors (Lipinski definition) is 7. The lowest BCUT2D eigenvalue weighted by Gasteiger charge is -2.12. The normalized spacial score (nSPS) is 11.4. The van der Waals surface area contributed by atoms with Crippen molar-refractivity contribution < 1.29 is 17.9 Å². The molecule has 0 atom stereocenters. The molecule has 1 aromatic heterocycles. The van der Waals surface area contributed by atoms with Gasteiger partial charge in [-0.05, 0) is 22.0 Å². The molecule has 0 radical (unpaired) electrons. The maximum absolute atomic E-state index is 12.3. The van der Waals surface area contributed by atoms with Crippen molar-refractivity contribution in [1.29, 1.82) is 0 Å². The zero-order valence-electron chi connectivity index (χ0n) is 11.1. The van der Waals surface area contributed by atoms with E-state index >= 15 is 0 Å². The third kappa shape index (κ3) is 3.49. The van der Waals surface area contributed by atoms with Gasteiger partial charge in [0.1, 0.15) is 4.90 Å². The molecule has 0 unspecified atom stereocenters. The lowest BCUT2D eigenvalue weighted by molar-refractivity contribution is 0.353. The molecular formula is C10H12BrN5O4S. The Morgan fingerprint density at radius 2 is 1.95 bits per heavy atom. The van der Waals surface area contributed by atoms with E-state index in [1.165, 1.54) is 26.4 Å². The van der Waals surface area contributed by atoms with Crippen LogP contribution in [-0.4, -0.2) is 43.3 Å². The summed E-state index contributed by atoms with van der Waals surface area (Å²) in [4.78, 5) is 0.0173. The monoisotopic (exact) mass is 377 g/mol. The minimum atomic E-state index is -3.78. The number of aromatic amines is 1. The highest BCUT2D eigenvalue weighted by atomic mass is 79.9. The number of halogens is 1. The van der Waals surface area contributed by atoms with Crippen LogP contribution in [-0.2, 0) is 16.6 Å². The van der Waals surface area contributed by atoms with E-state index in [9.17, 15) is 8.42 Å². The van der Waals surface area contributed by atoms with Gasteiger partial charge in [-0.1, -0.05) is 5.21 Å². The van der Waals surface area contributed by atoms with E-state index in [4.69, 9.17) is 9.47 Å². The van der Waals surface area contributed by atoms with Crippen LogP contribution in [0.2, 0.25) is 0 Å². The van der Waals surface area contributed by atoms with Crippen molar-refractivity contribution in [2.75, 3.05) is 14.2 Å². The summed E-state index contributed by atoms with van der Waals surface area (Å²) >= 11 is 3.20. The predicted octanol–water partition coefficient (Wildman–Crippen LogP) is 0.458. The lowest BCUT2D eigenvalue weighted by Crippen LogP contribution is -2.24. The van der Waals surface area contributed by atoms with E-state index in [-0.39, 0.29) is 17.3 Å². The first-order valence-corrected chi connectivity index (χ1v) is 7.89. The van der Waals surface area contributed by atoms with Gasteiger partial charge in [0.15, 0.2) is 17.3 Å². The molecule has 0 amide bonds. The molecule has 0 fully saturated rings. The van der Waals surface area contributed by atoms with Gasteiger partial charge in [-0.3, -0.25) is 0 Å². The fourth-order valence-electron chi connectivity index (χ4n) is 1.54. The fraction of sp³-hybridized carbons (Fsp3) is 0.300. The minimum Gasteiger partial charge on any atom is -0.493 e. The summed E-state index contributed by atoms with van der Waals surface area (Å²) < 4.78 is 37.5. The van der Waals surface area contributed by atoms with E-state index in [2.05, 4.69) is 41.3 Å². The Balaban J connectivity index is 2.31. The van der Waals surface area contributed by atoms with Crippen LogP contribution < -0.4 is 14.2 Å². The maximum atomic E-state index is 12.3. The highest BCUT2D eigenvalue weighted by Gasteiger charge is 2.21. The van der Waals surface area contributed by atoms with Crippen LogP contribution in [0.1, 0.15) is 5.82 Å². The van der Waals surface area contributed by atoms with Crippen molar-refractivity contribution in [2.45, 2.75) is 11.4 Å². The second-order valence-electron chi connectivity index (χ2n) is 3.79. The number of ether oxygens (including phenoxy) is 2. The topological polar surface area (TPSA) is 119 Å². The SMILES string of the molecule is COc1cc(Br)c(S(=O)(=O)NCc2nn[nH]n2)cc1OC. The Labute approximate surface area is 129 Å². The van der Waals surface area contributed by atoms with Gasteiger partial charge >= 0.3 is 0 Å². The first-order chi connectivity index (χ1) is 9.97. The number of aromatic nitrogens is 4. The zero-order chi connectivity index (χ0) is 15.5. The van der Waals surface area contributed by atoms with E-state index in [0.717, 1.165) is 0 Å². The summed E-state index contributed by atoms with van der Waals surface area (Å²) in [7, 11) is -0.888. The van der Waals surface area contributed by atoms with E-state index in [1.807, 2.05) is 0 Å². The molecule has 1 aromatic carbocycles. The molecular weight excluding hydrogens is 366 g/mol. The van der Waals surface area contributed by atoms with Gasteiger partial charge in [-0.25, -0.2) is 13.1 Å². The molecule has 114 valence electrons. The molecule has 11 heteroatoms. The molecule has 21 heavy (non-hydrogen) atoms. The Bertz CT molecular complexity index is 719. The first-order valence-electron chi connectivity index (χ1n) is 5.61. The average molecular weight is 378 g/mol. The smallest absolute Gasteiger partial charge is 0.242 e. The molecule has 0 bridgehead atoms. The third-order valence-corrected chi connectivity index (χ3v) is 4.90. The molecule has 0 saturated carbocycles. The van der Waals surface area contributed by atoms with Gasteiger partial charge in [0.25, 0.3) is 0 Å². The quantitative estimate of drug-likeness (QED) is 0.749. The van der Waals surface area contributed by atoms with E-state index in [0.29, 0.717) is 16.0 Å². The second-order valence-corrected chi connectivity index (χ2v) is 6.38. The number of hydrogen-bond donors (Lipinski definition) is 2. The summed E-state index contributed by atoms with van der Waals surface area (Å²) in [5, 5.41) is 12.9. The van der Waals surface area contributed by atoms with Crippen molar-refractivity contribution >= 4 is 26.0 Å². The molecule has 1 heterocycles. The molecule has 0 saturated heterocycles. The van der Waals surface area contributed by atoms with Crippen molar-refractivity contribution in [1.82, 2.24) is 25.3 Å². The van der Waals surface area contributed by atoms with E-state index in [1.54, 1.807) is 0 Å².